The standard InChI is InChI=1S/C17H13NO4/c1-2-21-17(20)16(9-14-7-8-15(11-19)22-14)13-5-3-12(10-18)4-6-13/h3-9,11H,2H2,1H3/b16-9+. The minimum absolute atomic E-state index is 0.175. The number of hydrogen-bond acceptors (Lipinski definition) is 5. The average Bonchev–Trinajstić information content (AvgIpc) is 3.01. The fourth-order valence-electron chi connectivity index (χ4n) is 1.84. The molecule has 110 valence electrons. The SMILES string of the molecule is CCOC(=O)/C(=C/c1ccc(C=O)o1)c1ccc(C#N)cc1. The fraction of sp³-hybridized carbons (Fsp3) is 0.118. The summed E-state index contributed by atoms with van der Waals surface area (Å²) in [5.41, 5.74) is 1.38. The maximum absolute atomic E-state index is 12.1. The average molecular weight is 295 g/mol. The van der Waals surface area contributed by atoms with Gasteiger partial charge in [-0.15, -0.1) is 0 Å². The molecule has 0 aliphatic rings. The molecule has 0 saturated carbocycles. The maximum Gasteiger partial charge on any atom is 0.338 e. The van der Waals surface area contributed by atoms with Crippen LogP contribution in [0.2, 0.25) is 0 Å². The number of nitrogens with zero attached hydrogens (tertiary/aromatic N) is 1. The van der Waals surface area contributed by atoms with Gasteiger partial charge in [0.2, 0.25) is 0 Å². The Balaban J connectivity index is 2.43. The molecular formula is C17H13NO4. The summed E-state index contributed by atoms with van der Waals surface area (Å²) < 4.78 is 10.3. The van der Waals surface area contributed by atoms with Gasteiger partial charge in [0, 0.05) is 0 Å². The van der Waals surface area contributed by atoms with Gasteiger partial charge in [0.25, 0.3) is 0 Å². The number of ether oxygens (including phenoxy) is 1. The van der Waals surface area contributed by atoms with Gasteiger partial charge in [0.1, 0.15) is 5.76 Å². The van der Waals surface area contributed by atoms with E-state index in [9.17, 15) is 9.59 Å². The summed E-state index contributed by atoms with van der Waals surface area (Å²) >= 11 is 0. The van der Waals surface area contributed by atoms with E-state index in [1.54, 1.807) is 37.3 Å². The lowest BCUT2D eigenvalue weighted by Crippen LogP contribution is -2.06. The van der Waals surface area contributed by atoms with E-state index in [0.29, 0.717) is 23.2 Å². The minimum atomic E-state index is -0.503. The van der Waals surface area contributed by atoms with Gasteiger partial charge >= 0.3 is 5.97 Å². The summed E-state index contributed by atoms with van der Waals surface area (Å²) in [7, 11) is 0. The van der Waals surface area contributed by atoms with Gasteiger partial charge in [-0.2, -0.15) is 5.26 Å². The van der Waals surface area contributed by atoms with Gasteiger partial charge < -0.3 is 9.15 Å². The topological polar surface area (TPSA) is 80.3 Å². The summed E-state index contributed by atoms with van der Waals surface area (Å²) in [6.07, 6.45) is 2.09. The van der Waals surface area contributed by atoms with E-state index in [2.05, 4.69) is 0 Å². The van der Waals surface area contributed by atoms with Crippen molar-refractivity contribution in [2.45, 2.75) is 6.92 Å². The molecule has 0 atom stereocenters. The molecule has 1 aromatic heterocycles. The van der Waals surface area contributed by atoms with Crippen LogP contribution in [0.25, 0.3) is 11.6 Å². The Bertz CT molecular complexity index is 748. The first-order chi connectivity index (χ1) is 10.7. The second-order valence-corrected chi connectivity index (χ2v) is 4.33. The van der Waals surface area contributed by atoms with Gasteiger partial charge in [0.15, 0.2) is 12.0 Å². The Morgan fingerprint density at radius 1 is 1.23 bits per heavy atom. The Morgan fingerprint density at radius 2 is 1.91 bits per heavy atom. The number of carbonyl (C=O) groups excluding carboxylic acids is 2. The first-order valence-electron chi connectivity index (χ1n) is 6.62. The Morgan fingerprint density at radius 3 is 2.45 bits per heavy atom. The first kappa shape index (κ1) is 15.3. The van der Waals surface area contributed by atoms with Gasteiger partial charge in [-0.1, -0.05) is 12.1 Å². The largest absolute Gasteiger partial charge is 0.462 e. The molecule has 5 nitrogen and oxygen atoms in total. The molecule has 0 unspecified atom stereocenters. The van der Waals surface area contributed by atoms with E-state index in [-0.39, 0.29) is 17.9 Å². The highest BCUT2D eigenvalue weighted by Gasteiger charge is 2.14. The monoisotopic (exact) mass is 295 g/mol. The van der Waals surface area contributed by atoms with Crippen molar-refractivity contribution in [3.8, 4) is 6.07 Å². The predicted octanol–water partition coefficient (Wildman–Crippen LogP) is 3.07. The zero-order valence-corrected chi connectivity index (χ0v) is 11.9. The normalized spacial score (nSPS) is 10.8. The van der Waals surface area contributed by atoms with Crippen molar-refractivity contribution < 1.29 is 18.7 Å². The third kappa shape index (κ3) is 3.49. The van der Waals surface area contributed by atoms with Crippen LogP contribution < -0.4 is 0 Å². The van der Waals surface area contributed by atoms with Crippen molar-refractivity contribution in [3.05, 3.63) is 59.0 Å². The molecule has 0 radical (unpaired) electrons. The van der Waals surface area contributed by atoms with Gasteiger partial charge in [-0.3, -0.25) is 4.79 Å². The molecule has 5 heteroatoms. The molecule has 22 heavy (non-hydrogen) atoms. The summed E-state index contributed by atoms with van der Waals surface area (Å²) in [4.78, 5) is 22.8. The Hall–Kier alpha value is -3.13. The van der Waals surface area contributed by atoms with Crippen LogP contribution in [0, 0.1) is 11.3 Å². The van der Waals surface area contributed by atoms with E-state index in [1.165, 1.54) is 12.1 Å². The maximum atomic E-state index is 12.1. The number of carbonyl (C=O) groups is 2. The molecule has 1 aromatic carbocycles. The highest BCUT2D eigenvalue weighted by atomic mass is 16.5. The zero-order chi connectivity index (χ0) is 15.9. The van der Waals surface area contributed by atoms with E-state index < -0.39 is 5.97 Å². The first-order valence-corrected chi connectivity index (χ1v) is 6.62. The molecular weight excluding hydrogens is 282 g/mol. The van der Waals surface area contributed by atoms with Crippen LogP contribution in [-0.4, -0.2) is 18.9 Å². The fourth-order valence-corrected chi connectivity index (χ4v) is 1.84. The molecule has 1 heterocycles. The van der Waals surface area contributed by atoms with E-state index in [0.717, 1.165) is 0 Å². The highest BCUT2D eigenvalue weighted by molar-refractivity contribution is 6.21. The van der Waals surface area contributed by atoms with E-state index >= 15 is 0 Å². The Labute approximate surface area is 127 Å². The molecule has 0 aliphatic heterocycles. The molecule has 0 spiro atoms. The number of rotatable bonds is 5. The molecule has 0 saturated heterocycles. The number of benzene rings is 1. The number of furan rings is 1. The molecule has 2 rings (SSSR count). The number of aldehydes is 1. The van der Waals surface area contributed by atoms with E-state index in [4.69, 9.17) is 14.4 Å². The third-order valence-electron chi connectivity index (χ3n) is 2.87. The van der Waals surface area contributed by atoms with Crippen molar-refractivity contribution in [2.24, 2.45) is 0 Å². The van der Waals surface area contributed by atoms with Crippen LogP contribution in [0.5, 0.6) is 0 Å². The smallest absolute Gasteiger partial charge is 0.338 e. The molecule has 0 bridgehead atoms. The molecule has 0 N–H and O–H groups in total. The van der Waals surface area contributed by atoms with Crippen molar-refractivity contribution in [3.63, 3.8) is 0 Å². The molecule has 0 fully saturated rings. The summed E-state index contributed by atoms with van der Waals surface area (Å²) in [6, 6.07) is 11.7. The van der Waals surface area contributed by atoms with Crippen molar-refractivity contribution in [1.82, 2.24) is 0 Å². The summed E-state index contributed by atoms with van der Waals surface area (Å²) in [5.74, 6) is 0.0417. The molecule has 0 amide bonds. The second-order valence-electron chi connectivity index (χ2n) is 4.33. The van der Waals surface area contributed by atoms with Crippen LogP contribution in [0.1, 0.15) is 34.4 Å². The van der Waals surface area contributed by atoms with Crippen LogP contribution in [-0.2, 0) is 9.53 Å². The van der Waals surface area contributed by atoms with Crippen LogP contribution in [0.4, 0.5) is 0 Å². The summed E-state index contributed by atoms with van der Waals surface area (Å²) in [5, 5.41) is 8.82. The summed E-state index contributed by atoms with van der Waals surface area (Å²) in [6.45, 7) is 1.95. The number of hydrogen-bond donors (Lipinski definition) is 0. The van der Waals surface area contributed by atoms with Gasteiger partial charge in [-0.25, -0.2) is 4.79 Å². The number of nitriles is 1. The zero-order valence-electron chi connectivity index (χ0n) is 11.9. The van der Waals surface area contributed by atoms with Crippen molar-refractivity contribution in [1.29, 1.82) is 5.26 Å². The van der Waals surface area contributed by atoms with Crippen LogP contribution >= 0.6 is 0 Å². The van der Waals surface area contributed by atoms with Crippen LogP contribution in [0.15, 0.2) is 40.8 Å². The quantitative estimate of drug-likeness (QED) is 0.481. The minimum Gasteiger partial charge on any atom is -0.462 e. The lowest BCUT2D eigenvalue weighted by Gasteiger charge is -2.07. The van der Waals surface area contributed by atoms with Crippen LogP contribution in [0.3, 0.4) is 0 Å². The predicted molar refractivity (Wildman–Crippen MR) is 79.8 cm³/mol. The Kier molecular flexibility index (Phi) is 4.89. The number of esters is 1. The second kappa shape index (κ2) is 7.04. The lowest BCUT2D eigenvalue weighted by molar-refractivity contribution is -0.136. The van der Waals surface area contributed by atoms with Crippen molar-refractivity contribution in [2.75, 3.05) is 6.61 Å². The van der Waals surface area contributed by atoms with Gasteiger partial charge in [0.05, 0.1) is 23.8 Å². The molecule has 0 aliphatic carbocycles. The van der Waals surface area contributed by atoms with Crippen molar-refractivity contribution >= 4 is 23.9 Å². The lowest BCUT2D eigenvalue weighted by atomic mass is 10.0. The third-order valence-corrected chi connectivity index (χ3v) is 2.87. The van der Waals surface area contributed by atoms with E-state index in [1.807, 2.05) is 6.07 Å². The molecule has 2 aromatic rings. The van der Waals surface area contributed by atoms with Gasteiger partial charge in [-0.05, 0) is 42.8 Å². The highest BCUT2D eigenvalue weighted by Crippen LogP contribution is 2.21.